The highest BCUT2D eigenvalue weighted by Gasteiger charge is 2.11. The minimum absolute atomic E-state index is 0.238. The number of hydrogen-bond donors (Lipinski definition) is 2. The third-order valence-corrected chi connectivity index (χ3v) is 3.68. The van der Waals surface area contributed by atoms with Crippen molar-refractivity contribution in [3.63, 3.8) is 0 Å². The summed E-state index contributed by atoms with van der Waals surface area (Å²) in [6.45, 7) is 0. The van der Waals surface area contributed by atoms with Crippen molar-refractivity contribution in [2.75, 3.05) is 0 Å². The highest BCUT2D eigenvalue weighted by atomic mass is 35.5. The van der Waals surface area contributed by atoms with Crippen LogP contribution >= 0.6 is 11.6 Å². The first-order valence-electron chi connectivity index (χ1n) is 6.89. The molecule has 0 aliphatic rings. The van der Waals surface area contributed by atoms with Gasteiger partial charge in [0.25, 0.3) is 0 Å². The molecule has 2 N–H and O–H groups in total. The smallest absolute Gasteiger partial charge is 0.345 e. The van der Waals surface area contributed by atoms with Crippen molar-refractivity contribution in [2.24, 2.45) is 0 Å². The van der Waals surface area contributed by atoms with Gasteiger partial charge in [0.1, 0.15) is 17.8 Å². The van der Waals surface area contributed by atoms with Gasteiger partial charge in [0, 0.05) is 23.5 Å². The first-order chi connectivity index (χ1) is 11.7. The first kappa shape index (κ1) is 14.3. The van der Waals surface area contributed by atoms with Crippen LogP contribution in [-0.2, 0) is 0 Å². The Morgan fingerprint density at radius 2 is 1.92 bits per heavy atom. The maximum absolute atomic E-state index is 11.1. The molecule has 0 fully saturated rings. The predicted octanol–water partition coefficient (Wildman–Crippen LogP) is 2.53. The summed E-state index contributed by atoms with van der Waals surface area (Å²) in [5, 5.41) is 4.15. The van der Waals surface area contributed by atoms with Gasteiger partial charge in [-0.2, -0.15) is 0 Å². The van der Waals surface area contributed by atoms with Gasteiger partial charge >= 0.3 is 5.76 Å². The van der Waals surface area contributed by atoms with Crippen LogP contribution < -0.4 is 5.76 Å². The fraction of sp³-hybridized carbons (Fsp3) is 0. The van der Waals surface area contributed by atoms with Crippen molar-refractivity contribution in [3.05, 3.63) is 58.6 Å². The quantitative estimate of drug-likeness (QED) is 0.592. The van der Waals surface area contributed by atoms with Gasteiger partial charge in [0.05, 0.1) is 10.7 Å². The monoisotopic (exact) mass is 340 g/mol. The van der Waals surface area contributed by atoms with Gasteiger partial charge < -0.3 is 4.98 Å². The number of hydrogen-bond acceptors (Lipinski definition) is 6. The van der Waals surface area contributed by atoms with Crippen LogP contribution in [0.5, 0.6) is 0 Å². The molecule has 0 saturated carbocycles. The van der Waals surface area contributed by atoms with E-state index in [2.05, 4.69) is 34.6 Å². The maximum atomic E-state index is 11.1. The largest absolute Gasteiger partial charge is 0.439 e. The Hall–Kier alpha value is -3.26. The lowest BCUT2D eigenvalue weighted by molar-refractivity contribution is 0.387. The van der Waals surface area contributed by atoms with E-state index in [1.807, 2.05) is 12.1 Å². The van der Waals surface area contributed by atoms with Crippen LogP contribution in [0.4, 0.5) is 0 Å². The van der Waals surface area contributed by atoms with Gasteiger partial charge in [-0.1, -0.05) is 22.8 Å². The summed E-state index contributed by atoms with van der Waals surface area (Å²) in [5.74, 6) is 0.285. The first-order valence-corrected chi connectivity index (χ1v) is 7.26. The Morgan fingerprint density at radius 1 is 1.04 bits per heavy atom. The van der Waals surface area contributed by atoms with Crippen molar-refractivity contribution in [1.82, 2.24) is 30.1 Å². The Bertz CT molecular complexity index is 1050. The number of nitrogens with one attached hydrogen (secondary N) is 2. The van der Waals surface area contributed by atoms with Crippen molar-refractivity contribution in [1.29, 1.82) is 0 Å². The maximum Gasteiger partial charge on any atom is 0.439 e. The lowest BCUT2D eigenvalue weighted by Gasteiger charge is -2.06. The second-order valence-electron chi connectivity index (χ2n) is 4.86. The van der Waals surface area contributed by atoms with E-state index in [0.717, 1.165) is 11.1 Å². The zero-order valence-electron chi connectivity index (χ0n) is 12.0. The zero-order chi connectivity index (χ0) is 16.5. The number of H-pyrrole nitrogens is 2. The molecule has 0 aliphatic heterocycles. The van der Waals surface area contributed by atoms with Crippen molar-refractivity contribution >= 4 is 11.6 Å². The van der Waals surface area contributed by atoms with E-state index in [0.29, 0.717) is 22.2 Å². The molecule has 3 aromatic heterocycles. The summed E-state index contributed by atoms with van der Waals surface area (Å²) in [5.41, 5.74) is 2.67. The average molecular weight is 341 g/mol. The molecule has 0 radical (unpaired) electrons. The number of benzene rings is 1. The lowest BCUT2D eigenvalue weighted by atomic mass is 10.1. The predicted molar refractivity (Wildman–Crippen MR) is 86.2 cm³/mol. The van der Waals surface area contributed by atoms with E-state index < -0.39 is 5.76 Å². The van der Waals surface area contributed by atoms with Gasteiger partial charge in [-0.25, -0.2) is 19.7 Å². The molecule has 1 aromatic carbocycles. The number of aromatic nitrogens is 6. The molecule has 0 bridgehead atoms. The van der Waals surface area contributed by atoms with Gasteiger partial charge in [0.15, 0.2) is 0 Å². The molecular formula is C15H9ClN6O2. The minimum Gasteiger partial charge on any atom is -0.345 e. The molecule has 0 saturated heterocycles. The summed E-state index contributed by atoms with van der Waals surface area (Å²) >= 11 is 6.35. The van der Waals surface area contributed by atoms with Gasteiger partial charge in [-0.15, -0.1) is 0 Å². The van der Waals surface area contributed by atoms with E-state index in [1.165, 1.54) is 6.33 Å². The molecule has 8 nitrogen and oxygen atoms in total. The van der Waals surface area contributed by atoms with Crippen LogP contribution in [0, 0.1) is 0 Å². The molecule has 0 aliphatic carbocycles. The van der Waals surface area contributed by atoms with Crippen molar-refractivity contribution in [2.45, 2.75) is 0 Å². The van der Waals surface area contributed by atoms with Crippen LogP contribution in [0.15, 0.2) is 52.3 Å². The Kier molecular flexibility index (Phi) is 3.43. The molecule has 0 atom stereocenters. The second kappa shape index (κ2) is 5.74. The molecule has 118 valence electrons. The number of nitrogens with zero attached hydrogens (tertiary/aromatic N) is 4. The van der Waals surface area contributed by atoms with Gasteiger partial charge in [-0.3, -0.25) is 9.51 Å². The lowest BCUT2D eigenvalue weighted by Crippen LogP contribution is -1.96. The normalized spacial score (nSPS) is 10.9. The number of halogens is 1. The molecule has 3 heterocycles. The van der Waals surface area contributed by atoms with Gasteiger partial charge in [-0.05, 0) is 18.2 Å². The van der Waals surface area contributed by atoms with Gasteiger partial charge in [0.2, 0.25) is 5.82 Å². The summed E-state index contributed by atoms with van der Waals surface area (Å²) in [7, 11) is 0. The van der Waals surface area contributed by atoms with E-state index in [9.17, 15) is 4.79 Å². The van der Waals surface area contributed by atoms with Crippen LogP contribution in [-0.4, -0.2) is 30.1 Å². The minimum atomic E-state index is -0.643. The molecule has 0 unspecified atom stereocenters. The third-order valence-electron chi connectivity index (χ3n) is 3.37. The van der Waals surface area contributed by atoms with Crippen LogP contribution in [0.3, 0.4) is 0 Å². The molecule has 4 aromatic rings. The van der Waals surface area contributed by atoms with Crippen molar-refractivity contribution in [3.8, 4) is 34.2 Å². The van der Waals surface area contributed by atoms with E-state index >= 15 is 0 Å². The third kappa shape index (κ3) is 2.59. The molecule has 9 heteroatoms. The highest BCUT2D eigenvalue weighted by molar-refractivity contribution is 6.33. The highest BCUT2D eigenvalue weighted by Crippen LogP contribution is 2.30. The number of rotatable bonds is 3. The van der Waals surface area contributed by atoms with E-state index in [1.54, 1.807) is 24.5 Å². The summed E-state index contributed by atoms with van der Waals surface area (Å²) < 4.78 is 4.49. The molecule has 24 heavy (non-hydrogen) atoms. The van der Waals surface area contributed by atoms with Crippen LogP contribution in [0.2, 0.25) is 5.02 Å². The zero-order valence-corrected chi connectivity index (χ0v) is 12.8. The summed E-state index contributed by atoms with van der Waals surface area (Å²) in [6.07, 6.45) is 4.77. The fourth-order valence-electron chi connectivity index (χ4n) is 2.26. The SMILES string of the molecule is O=c1[nH]c(-c2cc(-c3ccc(-c4ncc[nH]4)c(Cl)c3)ncn2)no1. The standard InChI is InChI=1S/C15H9ClN6O2/c16-10-5-8(1-2-9(10)13-17-3-4-18-13)11-6-12(20-7-19-11)14-21-15(23)24-22-14/h1-7H,(H,17,18)(H,21,22,23). The number of imidazole rings is 1. The molecule has 0 spiro atoms. The Morgan fingerprint density at radius 3 is 2.62 bits per heavy atom. The molecule has 0 amide bonds. The van der Waals surface area contributed by atoms with E-state index in [4.69, 9.17) is 11.6 Å². The molecule has 4 rings (SSSR count). The van der Waals surface area contributed by atoms with Crippen LogP contribution in [0.25, 0.3) is 34.2 Å². The summed E-state index contributed by atoms with van der Waals surface area (Å²) in [6, 6.07) is 7.21. The second-order valence-corrected chi connectivity index (χ2v) is 5.27. The fourth-order valence-corrected chi connectivity index (χ4v) is 2.53. The summed E-state index contributed by atoms with van der Waals surface area (Å²) in [4.78, 5) is 29.0. The Labute approximate surface area is 139 Å². The van der Waals surface area contributed by atoms with Crippen LogP contribution in [0.1, 0.15) is 0 Å². The van der Waals surface area contributed by atoms with Crippen molar-refractivity contribution < 1.29 is 4.52 Å². The number of aromatic amines is 2. The Balaban J connectivity index is 1.74. The van der Waals surface area contributed by atoms with E-state index in [-0.39, 0.29) is 5.82 Å². The topological polar surface area (TPSA) is 113 Å². The average Bonchev–Trinajstić information content (AvgIpc) is 3.26. The molecular weight excluding hydrogens is 332 g/mol.